The minimum atomic E-state index is -0.529. The molecule has 1 heterocycles. The van der Waals surface area contributed by atoms with E-state index >= 15 is 0 Å². The van der Waals surface area contributed by atoms with Crippen molar-refractivity contribution in [1.82, 2.24) is 9.97 Å². The fourth-order valence-electron chi connectivity index (χ4n) is 2.87. The van der Waals surface area contributed by atoms with Crippen LogP contribution in [0.1, 0.15) is 21.6 Å². The van der Waals surface area contributed by atoms with Crippen LogP contribution in [-0.2, 0) is 5.75 Å². The summed E-state index contributed by atoms with van der Waals surface area (Å²) in [6.45, 7) is 2.00. The number of benzene rings is 3. The maximum atomic E-state index is 14.1. The van der Waals surface area contributed by atoms with Crippen molar-refractivity contribution < 1.29 is 13.6 Å². The Kier molecular flexibility index (Phi) is 7.36. The molecule has 4 nitrogen and oxygen atoms in total. The number of thioether (sulfide) groups is 1. The van der Waals surface area contributed by atoms with Gasteiger partial charge in [0.05, 0.1) is 10.6 Å². The lowest BCUT2D eigenvalue weighted by atomic mass is 10.2. The highest BCUT2D eigenvalue weighted by atomic mass is 32.2. The minimum absolute atomic E-state index is 0.0768. The number of nitrogens with zero attached hydrogens (tertiary/aromatic N) is 2. The van der Waals surface area contributed by atoms with E-state index in [9.17, 15) is 13.6 Å². The summed E-state index contributed by atoms with van der Waals surface area (Å²) in [6, 6.07) is 20.0. The van der Waals surface area contributed by atoms with Crippen LogP contribution in [0, 0.1) is 18.6 Å². The van der Waals surface area contributed by atoms with Crippen LogP contribution >= 0.6 is 23.5 Å². The Hall–Kier alpha value is -3.23. The number of para-hydroxylation sites is 1. The predicted molar refractivity (Wildman–Crippen MR) is 128 cm³/mol. The number of hydrogen-bond acceptors (Lipinski definition) is 5. The maximum Gasteiger partial charge on any atom is 0.275 e. The number of rotatable bonds is 7. The fourth-order valence-corrected chi connectivity index (χ4v) is 4.51. The third-order valence-electron chi connectivity index (χ3n) is 4.60. The van der Waals surface area contributed by atoms with Crippen molar-refractivity contribution in [1.29, 1.82) is 0 Å². The summed E-state index contributed by atoms with van der Waals surface area (Å²) < 4.78 is 27.2. The number of carbonyl (C=O) groups is 1. The van der Waals surface area contributed by atoms with Crippen LogP contribution in [0.5, 0.6) is 0 Å². The smallest absolute Gasteiger partial charge is 0.275 e. The first-order valence-electron chi connectivity index (χ1n) is 10.0. The molecule has 33 heavy (non-hydrogen) atoms. The molecular weight excluding hydrogens is 460 g/mol. The molecule has 0 unspecified atom stereocenters. The van der Waals surface area contributed by atoms with Crippen LogP contribution in [0.4, 0.5) is 14.5 Å². The normalized spacial score (nSPS) is 10.8. The van der Waals surface area contributed by atoms with Gasteiger partial charge >= 0.3 is 0 Å². The quantitative estimate of drug-likeness (QED) is 0.234. The van der Waals surface area contributed by atoms with Gasteiger partial charge in [-0.2, -0.15) is 0 Å². The van der Waals surface area contributed by atoms with E-state index in [1.54, 1.807) is 30.5 Å². The van der Waals surface area contributed by atoms with Gasteiger partial charge < -0.3 is 5.32 Å². The van der Waals surface area contributed by atoms with E-state index < -0.39 is 11.7 Å². The van der Waals surface area contributed by atoms with Crippen molar-refractivity contribution in [2.75, 3.05) is 5.32 Å². The van der Waals surface area contributed by atoms with Gasteiger partial charge in [-0.15, -0.1) is 0 Å². The first kappa shape index (κ1) is 22.9. The molecule has 0 spiro atoms. The Morgan fingerprint density at radius 1 is 0.970 bits per heavy atom. The molecule has 1 amide bonds. The summed E-state index contributed by atoms with van der Waals surface area (Å²) >= 11 is 2.69. The summed E-state index contributed by atoms with van der Waals surface area (Å²) in [6.07, 6.45) is 1.60. The van der Waals surface area contributed by atoms with E-state index in [-0.39, 0.29) is 17.2 Å². The molecule has 0 atom stereocenters. The zero-order valence-electron chi connectivity index (χ0n) is 17.6. The first-order chi connectivity index (χ1) is 16.0. The molecule has 0 saturated carbocycles. The second-order valence-corrected chi connectivity index (χ2v) is 9.19. The van der Waals surface area contributed by atoms with Gasteiger partial charge in [0.2, 0.25) is 0 Å². The van der Waals surface area contributed by atoms with Gasteiger partial charge in [0, 0.05) is 16.8 Å². The lowest BCUT2D eigenvalue weighted by Gasteiger charge is -2.11. The van der Waals surface area contributed by atoms with Crippen LogP contribution in [0.15, 0.2) is 93.9 Å². The van der Waals surface area contributed by atoms with E-state index in [4.69, 9.17) is 0 Å². The molecule has 4 aromatic rings. The highest BCUT2D eigenvalue weighted by molar-refractivity contribution is 7.99. The molecule has 0 saturated heterocycles. The highest BCUT2D eigenvalue weighted by Gasteiger charge is 2.18. The largest absolute Gasteiger partial charge is 0.318 e. The Bertz CT molecular complexity index is 1270. The van der Waals surface area contributed by atoms with Crippen molar-refractivity contribution in [3.8, 4) is 0 Å². The lowest BCUT2D eigenvalue weighted by Crippen LogP contribution is -2.16. The van der Waals surface area contributed by atoms with Gasteiger partial charge in [0.25, 0.3) is 5.91 Å². The standard InChI is InChI=1S/C25H19F2N3OS2/c1-16-6-12-19(13-7-16)33-22-14-28-25(32-15-17-8-10-18(26)11-9-17)30-23(22)24(31)29-21-5-3-2-4-20(21)27/h2-14H,15H2,1H3,(H,29,31). The van der Waals surface area contributed by atoms with Crippen LogP contribution in [0.2, 0.25) is 0 Å². The van der Waals surface area contributed by atoms with E-state index in [1.165, 1.54) is 47.8 Å². The summed E-state index contributed by atoms with van der Waals surface area (Å²) in [5.74, 6) is -0.845. The number of nitrogens with one attached hydrogen (secondary N) is 1. The predicted octanol–water partition coefficient (Wildman–Crippen LogP) is 6.76. The van der Waals surface area contributed by atoms with Gasteiger partial charge in [-0.3, -0.25) is 4.79 Å². The van der Waals surface area contributed by atoms with Crippen molar-refractivity contribution >= 4 is 35.1 Å². The number of halogens is 2. The Morgan fingerprint density at radius 3 is 2.42 bits per heavy atom. The van der Waals surface area contributed by atoms with Crippen LogP contribution in [-0.4, -0.2) is 15.9 Å². The van der Waals surface area contributed by atoms with Crippen LogP contribution < -0.4 is 5.32 Å². The number of amides is 1. The third-order valence-corrected chi connectivity index (χ3v) is 6.56. The highest BCUT2D eigenvalue weighted by Crippen LogP contribution is 2.31. The average Bonchev–Trinajstić information content (AvgIpc) is 2.82. The number of carbonyl (C=O) groups excluding carboxylic acids is 1. The zero-order chi connectivity index (χ0) is 23.2. The summed E-state index contributed by atoms with van der Waals surface area (Å²) in [4.78, 5) is 23.4. The molecule has 1 aromatic heterocycles. The summed E-state index contributed by atoms with van der Waals surface area (Å²) in [5, 5.41) is 3.00. The van der Waals surface area contributed by atoms with Crippen molar-refractivity contribution in [2.45, 2.75) is 27.6 Å². The molecule has 166 valence electrons. The van der Waals surface area contributed by atoms with Crippen molar-refractivity contribution in [2.24, 2.45) is 0 Å². The third kappa shape index (κ3) is 6.18. The maximum absolute atomic E-state index is 14.1. The number of hydrogen-bond donors (Lipinski definition) is 1. The second kappa shape index (κ2) is 10.6. The SMILES string of the molecule is Cc1ccc(Sc2cnc(SCc3ccc(F)cc3)nc2C(=O)Nc2ccccc2F)cc1. The average molecular weight is 480 g/mol. The van der Waals surface area contributed by atoms with Crippen LogP contribution in [0.3, 0.4) is 0 Å². The molecule has 3 aromatic carbocycles. The Balaban J connectivity index is 1.60. The van der Waals surface area contributed by atoms with Gasteiger partial charge in [-0.25, -0.2) is 18.7 Å². The van der Waals surface area contributed by atoms with Gasteiger partial charge in [-0.1, -0.05) is 65.5 Å². The molecule has 0 aliphatic heterocycles. The lowest BCUT2D eigenvalue weighted by molar-refractivity contribution is 0.101. The zero-order valence-corrected chi connectivity index (χ0v) is 19.2. The Morgan fingerprint density at radius 2 is 1.70 bits per heavy atom. The summed E-state index contributed by atoms with van der Waals surface area (Å²) in [5.41, 5.74) is 2.26. The minimum Gasteiger partial charge on any atom is -0.318 e. The number of aryl methyl sites for hydroxylation is 1. The molecule has 0 bridgehead atoms. The molecule has 0 fully saturated rings. The van der Waals surface area contributed by atoms with Crippen molar-refractivity contribution in [3.63, 3.8) is 0 Å². The number of anilines is 1. The fraction of sp³-hybridized carbons (Fsp3) is 0.0800. The molecule has 0 radical (unpaired) electrons. The molecule has 0 aliphatic carbocycles. The van der Waals surface area contributed by atoms with E-state index in [0.717, 1.165) is 16.0 Å². The van der Waals surface area contributed by atoms with Crippen LogP contribution in [0.25, 0.3) is 0 Å². The number of aromatic nitrogens is 2. The van der Waals surface area contributed by atoms with E-state index in [1.807, 2.05) is 31.2 Å². The molecule has 8 heteroatoms. The van der Waals surface area contributed by atoms with Gasteiger partial charge in [-0.05, 0) is 48.9 Å². The molecule has 4 rings (SSSR count). The van der Waals surface area contributed by atoms with E-state index in [0.29, 0.717) is 15.8 Å². The monoisotopic (exact) mass is 479 g/mol. The van der Waals surface area contributed by atoms with E-state index in [2.05, 4.69) is 15.3 Å². The first-order valence-corrected chi connectivity index (χ1v) is 11.8. The van der Waals surface area contributed by atoms with Crippen molar-refractivity contribution in [3.05, 3.63) is 107 Å². The van der Waals surface area contributed by atoms with Gasteiger partial charge in [0.15, 0.2) is 5.16 Å². The molecule has 0 aliphatic rings. The second-order valence-electron chi connectivity index (χ2n) is 7.13. The molecular formula is C25H19F2N3OS2. The molecule has 1 N–H and O–H groups in total. The summed E-state index contributed by atoms with van der Waals surface area (Å²) in [7, 11) is 0. The Labute approximate surface area is 198 Å². The topological polar surface area (TPSA) is 54.9 Å². The van der Waals surface area contributed by atoms with Gasteiger partial charge in [0.1, 0.15) is 17.3 Å².